The first kappa shape index (κ1) is 22.6. The van der Waals surface area contributed by atoms with Crippen molar-refractivity contribution in [3.8, 4) is 0 Å². The van der Waals surface area contributed by atoms with Crippen LogP contribution in [0.1, 0.15) is 40.3 Å². The highest BCUT2D eigenvalue weighted by atomic mass is 35.5. The number of fused-ring (bicyclic) bond motifs is 1. The summed E-state index contributed by atoms with van der Waals surface area (Å²) in [6, 6.07) is 2.68. The number of nitrogens with zero attached hydrogens (tertiary/aromatic N) is 4. The quantitative estimate of drug-likeness (QED) is 0.366. The molecule has 0 aliphatic carbocycles. The molecule has 0 unspecified atom stereocenters. The number of hydrogen-bond acceptors (Lipinski definition) is 5. The van der Waals surface area contributed by atoms with Crippen LogP contribution in [0, 0.1) is 13.8 Å². The number of carbonyl (C=O) groups is 1. The maximum Gasteiger partial charge on any atom is 0.417 e. The van der Waals surface area contributed by atoms with E-state index in [1.807, 2.05) is 31.4 Å². The van der Waals surface area contributed by atoms with Crippen LogP contribution in [0.2, 0.25) is 5.02 Å². The second kappa shape index (κ2) is 8.60. The number of Topliss-reactive ketones (excluding diaryl/α,β-unsaturated/α-hetero) is 1. The van der Waals surface area contributed by atoms with E-state index >= 15 is 0 Å². The van der Waals surface area contributed by atoms with Gasteiger partial charge in [-0.2, -0.15) is 13.2 Å². The summed E-state index contributed by atoms with van der Waals surface area (Å²) in [6.07, 6.45) is -3.68. The van der Waals surface area contributed by atoms with Crippen LogP contribution in [-0.2, 0) is 10.9 Å². The molecule has 30 heavy (non-hydrogen) atoms. The first-order valence-electron chi connectivity index (χ1n) is 8.99. The van der Waals surface area contributed by atoms with Gasteiger partial charge < -0.3 is 9.30 Å². The Morgan fingerprint density at radius 1 is 1.30 bits per heavy atom. The highest BCUT2D eigenvalue weighted by molar-refractivity contribution is 7.99. The molecule has 0 aliphatic rings. The van der Waals surface area contributed by atoms with Crippen LogP contribution in [0.5, 0.6) is 0 Å². The van der Waals surface area contributed by atoms with E-state index in [1.54, 1.807) is 7.11 Å². The number of carbonyl (C=O) groups excluding carboxylic acids is 1. The molecule has 0 aromatic carbocycles. The molecule has 162 valence electrons. The first-order valence-corrected chi connectivity index (χ1v) is 10.4. The van der Waals surface area contributed by atoms with E-state index in [2.05, 4.69) is 10.2 Å². The highest BCUT2D eigenvalue weighted by Gasteiger charge is 2.32. The van der Waals surface area contributed by atoms with E-state index in [0.717, 1.165) is 39.8 Å². The average Bonchev–Trinajstić information content (AvgIpc) is 3.20. The lowest BCUT2D eigenvalue weighted by Gasteiger charge is -2.17. The molecule has 3 heterocycles. The Kier molecular flexibility index (Phi) is 6.49. The zero-order chi connectivity index (χ0) is 22.2. The fourth-order valence-electron chi connectivity index (χ4n) is 3.45. The molecule has 6 nitrogen and oxygen atoms in total. The fraction of sp³-hybridized carbons (Fsp3) is 0.421. The number of aryl methyl sites for hydroxylation is 1. The molecule has 0 amide bonds. The number of alkyl halides is 3. The molecule has 0 bridgehead atoms. The van der Waals surface area contributed by atoms with E-state index < -0.39 is 11.7 Å². The van der Waals surface area contributed by atoms with Crippen LogP contribution in [0.3, 0.4) is 0 Å². The number of methoxy groups -OCH3 is 1. The minimum atomic E-state index is -4.56. The Bertz CT molecular complexity index is 1090. The average molecular weight is 461 g/mol. The fourth-order valence-corrected chi connectivity index (χ4v) is 4.49. The normalized spacial score (nSPS) is 13.2. The van der Waals surface area contributed by atoms with Crippen LogP contribution < -0.4 is 0 Å². The number of ketones is 1. The van der Waals surface area contributed by atoms with Gasteiger partial charge in [0.2, 0.25) is 0 Å². The molecular formula is C19H20ClF3N4O2S. The Morgan fingerprint density at radius 2 is 2.00 bits per heavy atom. The van der Waals surface area contributed by atoms with Crippen molar-refractivity contribution in [2.45, 2.75) is 38.1 Å². The van der Waals surface area contributed by atoms with Gasteiger partial charge in [0.25, 0.3) is 0 Å². The number of pyridine rings is 1. The van der Waals surface area contributed by atoms with Gasteiger partial charge in [-0.05, 0) is 32.9 Å². The first-order chi connectivity index (χ1) is 14.0. The zero-order valence-corrected chi connectivity index (χ0v) is 18.3. The predicted octanol–water partition coefficient (Wildman–Crippen LogP) is 5.00. The van der Waals surface area contributed by atoms with Gasteiger partial charge in [-0.15, -0.1) is 10.2 Å². The van der Waals surface area contributed by atoms with Gasteiger partial charge in [-0.3, -0.25) is 9.20 Å². The van der Waals surface area contributed by atoms with E-state index in [1.165, 1.54) is 0 Å². The van der Waals surface area contributed by atoms with Gasteiger partial charge in [0.1, 0.15) is 0 Å². The summed E-state index contributed by atoms with van der Waals surface area (Å²) in [5, 5.41) is 7.73. The van der Waals surface area contributed by atoms with Crippen LogP contribution in [0.25, 0.3) is 5.65 Å². The predicted molar refractivity (Wildman–Crippen MR) is 109 cm³/mol. The van der Waals surface area contributed by atoms with Gasteiger partial charge in [-0.1, -0.05) is 23.4 Å². The third-order valence-corrected chi connectivity index (χ3v) is 5.94. The SMILES string of the molecule is COC[C@H](C)n1c(C)cc(C(=O)CSc2nnc3c(Cl)cc(C(F)(F)F)cn23)c1C. The van der Waals surface area contributed by atoms with E-state index in [9.17, 15) is 18.0 Å². The highest BCUT2D eigenvalue weighted by Crippen LogP contribution is 2.33. The third-order valence-electron chi connectivity index (χ3n) is 4.72. The molecule has 0 saturated heterocycles. The summed E-state index contributed by atoms with van der Waals surface area (Å²) >= 11 is 6.93. The summed E-state index contributed by atoms with van der Waals surface area (Å²) in [5.41, 5.74) is 1.50. The van der Waals surface area contributed by atoms with Gasteiger partial charge >= 0.3 is 6.18 Å². The third kappa shape index (κ3) is 4.35. The number of halogens is 4. The molecule has 0 spiro atoms. The van der Waals surface area contributed by atoms with Gasteiger partial charge in [0.05, 0.1) is 29.0 Å². The maximum absolute atomic E-state index is 13.1. The molecule has 3 aromatic heterocycles. The molecular weight excluding hydrogens is 441 g/mol. The number of aromatic nitrogens is 4. The van der Waals surface area contributed by atoms with Crippen molar-refractivity contribution in [3.63, 3.8) is 0 Å². The van der Waals surface area contributed by atoms with Crippen molar-refractivity contribution in [1.29, 1.82) is 0 Å². The Balaban J connectivity index is 1.84. The minimum Gasteiger partial charge on any atom is -0.383 e. The van der Waals surface area contributed by atoms with Crippen molar-refractivity contribution < 1.29 is 22.7 Å². The zero-order valence-electron chi connectivity index (χ0n) is 16.7. The number of hydrogen-bond donors (Lipinski definition) is 0. The van der Waals surface area contributed by atoms with Gasteiger partial charge in [-0.25, -0.2) is 0 Å². The van der Waals surface area contributed by atoms with Gasteiger partial charge in [0, 0.05) is 30.3 Å². The molecule has 11 heteroatoms. The Labute approximate surface area is 180 Å². The van der Waals surface area contributed by atoms with E-state index in [4.69, 9.17) is 16.3 Å². The maximum atomic E-state index is 13.1. The van der Waals surface area contributed by atoms with E-state index in [0.29, 0.717) is 12.2 Å². The van der Waals surface area contributed by atoms with Crippen molar-refractivity contribution in [2.75, 3.05) is 19.5 Å². The lowest BCUT2D eigenvalue weighted by atomic mass is 10.2. The lowest BCUT2D eigenvalue weighted by Crippen LogP contribution is -2.14. The van der Waals surface area contributed by atoms with Crippen LogP contribution in [-0.4, -0.2) is 44.4 Å². The second-order valence-electron chi connectivity index (χ2n) is 6.92. The van der Waals surface area contributed by atoms with Gasteiger partial charge in [0.15, 0.2) is 16.6 Å². The van der Waals surface area contributed by atoms with Crippen molar-refractivity contribution in [1.82, 2.24) is 19.2 Å². The minimum absolute atomic E-state index is 0.00237. The summed E-state index contributed by atoms with van der Waals surface area (Å²) in [5.74, 6) is -0.156. The summed E-state index contributed by atoms with van der Waals surface area (Å²) in [7, 11) is 1.62. The number of ether oxygens (including phenoxy) is 1. The molecule has 0 saturated carbocycles. The topological polar surface area (TPSA) is 61.4 Å². The molecule has 0 aliphatic heterocycles. The molecule has 3 aromatic rings. The Hall–Kier alpha value is -2.04. The molecule has 0 N–H and O–H groups in total. The Morgan fingerprint density at radius 3 is 2.63 bits per heavy atom. The van der Waals surface area contributed by atoms with Crippen LogP contribution >= 0.6 is 23.4 Å². The largest absolute Gasteiger partial charge is 0.417 e. The van der Waals surface area contributed by atoms with Crippen molar-refractivity contribution in [2.24, 2.45) is 0 Å². The van der Waals surface area contributed by atoms with Crippen molar-refractivity contribution >= 4 is 34.8 Å². The summed E-state index contributed by atoms with van der Waals surface area (Å²) in [4.78, 5) is 12.8. The summed E-state index contributed by atoms with van der Waals surface area (Å²) in [6.45, 7) is 6.28. The molecule has 0 fully saturated rings. The number of rotatable bonds is 7. The molecule has 0 radical (unpaired) electrons. The second-order valence-corrected chi connectivity index (χ2v) is 8.27. The van der Waals surface area contributed by atoms with E-state index in [-0.39, 0.29) is 33.4 Å². The number of thioether (sulfide) groups is 1. The van der Waals surface area contributed by atoms with Crippen molar-refractivity contribution in [3.05, 3.63) is 45.9 Å². The lowest BCUT2D eigenvalue weighted by molar-refractivity contribution is -0.137. The van der Waals surface area contributed by atoms with Crippen LogP contribution in [0.4, 0.5) is 13.2 Å². The monoisotopic (exact) mass is 460 g/mol. The van der Waals surface area contributed by atoms with Crippen LogP contribution in [0.15, 0.2) is 23.5 Å². The molecule has 3 rings (SSSR count). The summed E-state index contributed by atoms with van der Waals surface area (Å²) < 4.78 is 47.7. The molecule has 1 atom stereocenters. The standard InChI is InChI=1S/C19H20ClF3N4O2S/c1-10-5-14(12(3)27(10)11(2)8-29-4)16(28)9-30-18-25-24-17-15(20)6-13(7-26(17)18)19(21,22)23/h5-7,11H,8-9H2,1-4H3/t11-/m0/s1. The smallest absolute Gasteiger partial charge is 0.383 e.